The molecule has 0 aliphatic carbocycles. The molecule has 0 unspecified atom stereocenters. The van der Waals surface area contributed by atoms with E-state index in [1.807, 2.05) is 45.0 Å². The van der Waals surface area contributed by atoms with Crippen molar-refractivity contribution in [2.45, 2.75) is 40.2 Å². The minimum atomic E-state index is -0.347. The van der Waals surface area contributed by atoms with Crippen molar-refractivity contribution in [2.24, 2.45) is 0 Å². The van der Waals surface area contributed by atoms with E-state index in [1.54, 1.807) is 23.9 Å². The molecule has 4 rings (SSSR count). The summed E-state index contributed by atoms with van der Waals surface area (Å²) in [5.74, 6) is 0.837. The van der Waals surface area contributed by atoms with Crippen LogP contribution in [0.5, 0.6) is 11.6 Å². The first-order chi connectivity index (χ1) is 16.9. The first-order valence-electron chi connectivity index (χ1n) is 11.6. The van der Waals surface area contributed by atoms with E-state index >= 15 is 0 Å². The third-order valence-corrected chi connectivity index (χ3v) is 5.90. The molecule has 0 aliphatic heterocycles. The molecule has 0 saturated heterocycles. The fraction of sp³-hybridized carbons (Fsp3) is 0.296. The zero-order valence-electron chi connectivity index (χ0n) is 20.4. The smallest absolute Gasteiger partial charge is 0.220 e. The summed E-state index contributed by atoms with van der Waals surface area (Å²) in [5, 5.41) is 8.44. The molecule has 1 N–H and O–H groups in total. The van der Waals surface area contributed by atoms with Crippen LogP contribution in [0.25, 0.3) is 16.7 Å². The van der Waals surface area contributed by atoms with Gasteiger partial charge in [0.05, 0.1) is 25.1 Å². The molecule has 0 spiro atoms. The van der Waals surface area contributed by atoms with Gasteiger partial charge in [0.1, 0.15) is 11.6 Å². The Bertz CT molecular complexity index is 1350. The quantitative estimate of drug-likeness (QED) is 0.374. The van der Waals surface area contributed by atoms with Crippen LogP contribution in [0.15, 0.2) is 48.5 Å². The van der Waals surface area contributed by atoms with E-state index in [9.17, 15) is 9.18 Å². The van der Waals surface area contributed by atoms with Gasteiger partial charge >= 0.3 is 0 Å². The van der Waals surface area contributed by atoms with Gasteiger partial charge in [-0.25, -0.2) is 9.07 Å². The van der Waals surface area contributed by atoms with Crippen LogP contribution >= 0.6 is 0 Å². The van der Waals surface area contributed by atoms with E-state index < -0.39 is 0 Å². The predicted molar refractivity (Wildman–Crippen MR) is 133 cm³/mol. The Balaban J connectivity index is 1.51. The predicted octanol–water partition coefficient (Wildman–Crippen LogP) is 4.83. The van der Waals surface area contributed by atoms with Crippen molar-refractivity contribution in [1.29, 1.82) is 0 Å². The Kier molecular flexibility index (Phi) is 7.29. The van der Waals surface area contributed by atoms with Crippen molar-refractivity contribution < 1.29 is 18.7 Å². The maximum atomic E-state index is 13.8. The summed E-state index contributed by atoms with van der Waals surface area (Å²) in [6.07, 6.45) is 0.760. The van der Waals surface area contributed by atoms with Crippen LogP contribution in [0, 0.1) is 19.7 Å². The highest BCUT2D eigenvalue weighted by Crippen LogP contribution is 2.32. The third kappa shape index (κ3) is 5.26. The molecule has 7 nitrogen and oxygen atoms in total. The number of rotatable bonds is 9. The van der Waals surface area contributed by atoms with Crippen molar-refractivity contribution in [3.05, 3.63) is 76.7 Å². The Morgan fingerprint density at radius 2 is 1.91 bits per heavy atom. The third-order valence-electron chi connectivity index (χ3n) is 5.90. The van der Waals surface area contributed by atoms with Crippen molar-refractivity contribution in [2.75, 3.05) is 13.7 Å². The van der Waals surface area contributed by atoms with Gasteiger partial charge in [0.2, 0.25) is 11.8 Å². The molecule has 2 aromatic carbocycles. The molecule has 4 aromatic rings. The van der Waals surface area contributed by atoms with Gasteiger partial charge < -0.3 is 14.8 Å². The molecule has 182 valence electrons. The molecule has 0 fully saturated rings. The van der Waals surface area contributed by atoms with E-state index in [0.29, 0.717) is 43.2 Å². The number of halogens is 1. The number of amides is 1. The number of ether oxygens (including phenoxy) is 2. The van der Waals surface area contributed by atoms with Crippen molar-refractivity contribution >= 4 is 16.9 Å². The van der Waals surface area contributed by atoms with Gasteiger partial charge in [0, 0.05) is 23.9 Å². The summed E-state index contributed by atoms with van der Waals surface area (Å²) in [5.41, 5.74) is 4.76. The summed E-state index contributed by atoms with van der Waals surface area (Å²) in [6.45, 7) is 6.87. The fourth-order valence-electron chi connectivity index (χ4n) is 4.18. The molecule has 2 aromatic heterocycles. The van der Waals surface area contributed by atoms with Crippen LogP contribution in [0.1, 0.15) is 35.7 Å². The maximum Gasteiger partial charge on any atom is 0.220 e. The number of carbonyl (C=O) groups excluding carboxylic acids is 1. The molecule has 0 aliphatic rings. The van der Waals surface area contributed by atoms with Crippen LogP contribution in [0.3, 0.4) is 0 Å². The lowest BCUT2D eigenvalue weighted by Crippen LogP contribution is -2.23. The Morgan fingerprint density at radius 1 is 1.14 bits per heavy atom. The second-order valence-corrected chi connectivity index (χ2v) is 8.25. The molecule has 2 heterocycles. The fourth-order valence-corrected chi connectivity index (χ4v) is 4.18. The van der Waals surface area contributed by atoms with Crippen molar-refractivity contribution in [1.82, 2.24) is 20.1 Å². The monoisotopic (exact) mass is 476 g/mol. The van der Waals surface area contributed by atoms with Gasteiger partial charge in [0.15, 0.2) is 5.65 Å². The first-order valence-corrected chi connectivity index (χ1v) is 11.6. The van der Waals surface area contributed by atoms with Gasteiger partial charge in [0.25, 0.3) is 0 Å². The molecular formula is C27H29FN4O3. The number of aromatic nitrogens is 3. The maximum absolute atomic E-state index is 13.8. The molecule has 0 bridgehead atoms. The number of aryl methyl sites for hydroxylation is 2. The normalized spacial score (nSPS) is 11.0. The summed E-state index contributed by atoms with van der Waals surface area (Å²) < 4.78 is 26.5. The van der Waals surface area contributed by atoms with Gasteiger partial charge in [-0.1, -0.05) is 18.2 Å². The lowest BCUT2D eigenvalue weighted by Gasteiger charge is -2.13. The standard InChI is InChI=1S/C27H29FN4O3/c1-5-35-22-11-9-19(10-12-22)16-29-24(33)14-13-23-17(2)25-18(3)31-32(26(25)30-27(23)34-4)21-8-6-7-20(28)15-21/h6-12,15H,5,13-14,16H2,1-4H3,(H,29,33). The minimum Gasteiger partial charge on any atom is -0.494 e. The number of methoxy groups -OCH3 is 1. The highest BCUT2D eigenvalue weighted by atomic mass is 19.1. The zero-order chi connectivity index (χ0) is 24.9. The second kappa shape index (κ2) is 10.5. The van der Waals surface area contributed by atoms with Crippen LogP contribution in [0.4, 0.5) is 4.39 Å². The molecular weight excluding hydrogens is 447 g/mol. The Hall–Kier alpha value is -3.94. The SMILES string of the molecule is CCOc1ccc(CNC(=O)CCc2c(OC)nc3c(c(C)nn3-c3cccc(F)c3)c2C)cc1. The average Bonchev–Trinajstić information content (AvgIpc) is 3.19. The summed E-state index contributed by atoms with van der Waals surface area (Å²) in [7, 11) is 1.55. The van der Waals surface area contributed by atoms with Gasteiger partial charge in [-0.05, 0) is 68.7 Å². The lowest BCUT2D eigenvalue weighted by molar-refractivity contribution is -0.121. The van der Waals surface area contributed by atoms with E-state index in [2.05, 4.69) is 15.4 Å². The summed E-state index contributed by atoms with van der Waals surface area (Å²) in [6, 6.07) is 13.9. The zero-order valence-corrected chi connectivity index (χ0v) is 20.4. The lowest BCUT2D eigenvalue weighted by atomic mass is 10.0. The van der Waals surface area contributed by atoms with E-state index in [0.717, 1.165) is 33.5 Å². The molecule has 1 amide bonds. The highest BCUT2D eigenvalue weighted by molar-refractivity contribution is 5.86. The summed E-state index contributed by atoms with van der Waals surface area (Å²) >= 11 is 0. The highest BCUT2D eigenvalue weighted by Gasteiger charge is 2.20. The average molecular weight is 477 g/mol. The number of hydrogen-bond donors (Lipinski definition) is 1. The number of fused-ring (bicyclic) bond motifs is 1. The van der Waals surface area contributed by atoms with Crippen LogP contribution in [0.2, 0.25) is 0 Å². The second-order valence-electron chi connectivity index (χ2n) is 8.25. The van der Waals surface area contributed by atoms with Gasteiger partial charge in [-0.3, -0.25) is 4.79 Å². The minimum absolute atomic E-state index is 0.0624. The molecule has 0 atom stereocenters. The van der Waals surface area contributed by atoms with E-state index in [1.165, 1.54) is 12.1 Å². The number of nitrogens with one attached hydrogen (secondary N) is 1. The number of benzene rings is 2. The van der Waals surface area contributed by atoms with Crippen LogP contribution in [-0.2, 0) is 17.8 Å². The molecule has 0 radical (unpaired) electrons. The number of carbonyl (C=O) groups is 1. The Morgan fingerprint density at radius 3 is 2.60 bits per heavy atom. The van der Waals surface area contributed by atoms with Gasteiger partial charge in [-0.2, -0.15) is 10.1 Å². The van der Waals surface area contributed by atoms with E-state index in [4.69, 9.17) is 9.47 Å². The summed E-state index contributed by atoms with van der Waals surface area (Å²) in [4.78, 5) is 17.3. The molecule has 0 saturated carbocycles. The van der Waals surface area contributed by atoms with Gasteiger partial charge in [-0.15, -0.1) is 0 Å². The molecule has 8 heteroatoms. The van der Waals surface area contributed by atoms with Crippen LogP contribution in [-0.4, -0.2) is 34.4 Å². The van der Waals surface area contributed by atoms with Crippen LogP contribution < -0.4 is 14.8 Å². The molecule has 35 heavy (non-hydrogen) atoms. The topological polar surface area (TPSA) is 78.3 Å². The number of nitrogens with zero attached hydrogens (tertiary/aromatic N) is 3. The number of hydrogen-bond acceptors (Lipinski definition) is 5. The number of pyridine rings is 1. The van der Waals surface area contributed by atoms with Crippen molar-refractivity contribution in [3.63, 3.8) is 0 Å². The first kappa shape index (κ1) is 24.2. The van der Waals surface area contributed by atoms with E-state index in [-0.39, 0.29) is 11.7 Å². The Labute approximate surface area is 203 Å². The van der Waals surface area contributed by atoms with Crippen molar-refractivity contribution in [3.8, 4) is 17.3 Å². The largest absolute Gasteiger partial charge is 0.494 e.